The molecule has 0 radical (unpaired) electrons. The summed E-state index contributed by atoms with van der Waals surface area (Å²) >= 11 is 13.1. The Morgan fingerprint density at radius 1 is 0.857 bits per heavy atom. The van der Waals surface area contributed by atoms with Crippen molar-refractivity contribution in [2.75, 3.05) is 26.2 Å². The molecule has 0 saturated carbocycles. The summed E-state index contributed by atoms with van der Waals surface area (Å²) in [5, 5.41) is 4.95. The van der Waals surface area contributed by atoms with Gasteiger partial charge in [-0.25, -0.2) is 4.98 Å². The second-order valence-corrected chi connectivity index (χ2v) is 10.2. The second kappa shape index (κ2) is 10.2. The molecule has 1 aliphatic heterocycles. The van der Waals surface area contributed by atoms with E-state index in [1.54, 1.807) is 0 Å². The van der Waals surface area contributed by atoms with Gasteiger partial charge in [0.1, 0.15) is 5.82 Å². The van der Waals surface area contributed by atoms with E-state index in [0.29, 0.717) is 0 Å². The van der Waals surface area contributed by atoms with Gasteiger partial charge in [-0.2, -0.15) is 0 Å². The van der Waals surface area contributed by atoms with Crippen molar-refractivity contribution in [1.82, 2.24) is 20.2 Å². The Morgan fingerprint density at radius 2 is 1.46 bits per heavy atom. The lowest BCUT2D eigenvalue weighted by atomic mass is 9.72. The molecule has 1 saturated heterocycles. The molecule has 6 heteroatoms. The summed E-state index contributed by atoms with van der Waals surface area (Å²) in [5.74, 6) is 0.846. The van der Waals surface area contributed by atoms with Crippen molar-refractivity contribution in [1.29, 1.82) is 0 Å². The molecule has 1 aliphatic rings. The number of H-pyrrole nitrogens is 1. The van der Waals surface area contributed by atoms with E-state index in [1.165, 1.54) is 0 Å². The highest BCUT2D eigenvalue weighted by molar-refractivity contribution is 6.31. The Hall–Kier alpha value is -2.63. The van der Waals surface area contributed by atoms with Gasteiger partial charge in [-0.05, 0) is 49.2 Å². The van der Waals surface area contributed by atoms with Crippen molar-refractivity contribution < 1.29 is 0 Å². The van der Waals surface area contributed by atoms with Gasteiger partial charge in [0.2, 0.25) is 0 Å². The molecule has 1 atom stereocenters. The number of piperazine rings is 1. The number of halogens is 2. The summed E-state index contributed by atoms with van der Waals surface area (Å²) in [6.45, 7) is 8.15. The summed E-state index contributed by atoms with van der Waals surface area (Å²) in [6.07, 6.45) is 0. The predicted octanol–water partition coefficient (Wildman–Crippen LogP) is 6.64. The molecule has 4 nitrogen and oxygen atoms in total. The zero-order chi connectivity index (χ0) is 24.4. The standard InChI is InChI=1S/C29H30Cl2N4/c1-20-27(34-28(33-20)21-8-4-3-5-9-21)29(2,35-16-14-32-15-17-35)26(22-10-6-12-24(30)18-22)23-11-7-13-25(31)19-23/h3-13,18-19,26,32H,14-17H2,1-2H3,(H,33,34). The van der Waals surface area contributed by atoms with E-state index in [0.717, 1.165) is 70.1 Å². The van der Waals surface area contributed by atoms with E-state index in [9.17, 15) is 0 Å². The van der Waals surface area contributed by atoms with Gasteiger partial charge in [0.15, 0.2) is 0 Å². The van der Waals surface area contributed by atoms with E-state index in [-0.39, 0.29) is 5.92 Å². The van der Waals surface area contributed by atoms with Crippen LogP contribution in [0.5, 0.6) is 0 Å². The number of aromatic amines is 1. The van der Waals surface area contributed by atoms with Crippen LogP contribution >= 0.6 is 23.2 Å². The zero-order valence-electron chi connectivity index (χ0n) is 20.1. The van der Waals surface area contributed by atoms with Gasteiger partial charge >= 0.3 is 0 Å². The number of aryl methyl sites for hydroxylation is 1. The molecule has 5 rings (SSSR count). The van der Waals surface area contributed by atoms with Gasteiger partial charge < -0.3 is 10.3 Å². The Kier molecular flexibility index (Phi) is 6.99. The molecule has 0 spiro atoms. The lowest BCUT2D eigenvalue weighted by Crippen LogP contribution is -2.56. The van der Waals surface area contributed by atoms with Crippen molar-refractivity contribution in [3.05, 3.63) is 111 Å². The molecule has 0 bridgehead atoms. The number of nitrogens with zero attached hydrogens (tertiary/aromatic N) is 2. The largest absolute Gasteiger partial charge is 0.342 e. The fraction of sp³-hybridized carbons (Fsp3) is 0.276. The van der Waals surface area contributed by atoms with Crippen LogP contribution in [0.1, 0.15) is 35.4 Å². The molecule has 2 N–H and O–H groups in total. The van der Waals surface area contributed by atoms with Gasteiger partial charge in [-0.3, -0.25) is 4.90 Å². The van der Waals surface area contributed by atoms with Crippen LogP contribution in [0.3, 0.4) is 0 Å². The van der Waals surface area contributed by atoms with Crippen molar-refractivity contribution in [2.24, 2.45) is 0 Å². The molecule has 0 aliphatic carbocycles. The zero-order valence-corrected chi connectivity index (χ0v) is 21.6. The number of nitrogens with one attached hydrogen (secondary N) is 2. The lowest BCUT2D eigenvalue weighted by molar-refractivity contribution is 0.0673. The molecule has 1 aromatic heterocycles. The fourth-order valence-electron chi connectivity index (χ4n) is 5.50. The van der Waals surface area contributed by atoms with Crippen LogP contribution < -0.4 is 5.32 Å². The van der Waals surface area contributed by atoms with E-state index < -0.39 is 5.54 Å². The topological polar surface area (TPSA) is 44.0 Å². The molecular formula is C29H30Cl2N4. The average molecular weight is 505 g/mol. The number of imidazole rings is 1. The Labute approximate surface area is 217 Å². The highest BCUT2D eigenvalue weighted by Gasteiger charge is 2.46. The molecule has 3 aromatic carbocycles. The van der Waals surface area contributed by atoms with E-state index in [2.05, 4.69) is 65.4 Å². The first kappa shape index (κ1) is 24.1. The minimum atomic E-state index is -0.453. The first-order chi connectivity index (χ1) is 17.0. The van der Waals surface area contributed by atoms with Crippen LogP contribution in [0.15, 0.2) is 78.9 Å². The minimum Gasteiger partial charge on any atom is -0.342 e. The number of aromatic nitrogens is 2. The number of benzene rings is 3. The summed E-state index contributed by atoms with van der Waals surface area (Å²) in [4.78, 5) is 11.4. The quantitative estimate of drug-likeness (QED) is 0.309. The SMILES string of the molecule is Cc1[nH]c(-c2ccccc2)nc1C(C)(C(c1cccc(Cl)c1)c1cccc(Cl)c1)N1CCNCC1. The van der Waals surface area contributed by atoms with Crippen LogP contribution in [-0.4, -0.2) is 41.0 Å². The smallest absolute Gasteiger partial charge is 0.137 e. The Balaban J connectivity index is 1.75. The predicted molar refractivity (Wildman–Crippen MR) is 145 cm³/mol. The van der Waals surface area contributed by atoms with E-state index >= 15 is 0 Å². The molecule has 4 aromatic rings. The van der Waals surface area contributed by atoms with Crippen molar-refractivity contribution >= 4 is 23.2 Å². The Morgan fingerprint density at radius 3 is 2.03 bits per heavy atom. The summed E-state index contributed by atoms with van der Waals surface area (Å²) in [6, 6.07) is 26.7. The fourth-order valence-corrected chi connectivity index (χ4v) is 5.90. The number of hydrogen-bond donors (Lipinski definition) is 2. The highest BCUT2D eigenvalue weighted by Crippen LogP contribution is 2.47. The maximum atomic E-state index is 6.53. The van der Waals surface area contributed by atoms with Crippen molar-refractivity contribution in [2.45, 2.75) is 25.3 Å². The van der Waals surface area contributed by atoms with Crippen LogP contribution in [-0.2, 0) is 5.54 Å². The van der Waals surface area contributed by atoms with Crippen LogP contribution in [0.4, 0.5) is 0 Å². The van der Waals surface area contributed by atoms with Gasteiger partial charge in [0, 0.05) is 53.4 Å². The summed E-state index contributed by atoms with van der Waals surface area (Å²) in [7, 11) is 0. The molecule has 180 valence electrons. The van der Waals surface area contributed by atoms with E-state index in [1.807, 2.05) is 42.5 Å². The van der Waals surface area contributed by atoms with Gasteiger partial charge in [0.25, 0.3) is 0 Å². The second-order valence-electron chi connectivity index (χ2n) is 9.35. The van der Waals surface area contributed by atoms with Gasteiger partial charge in [-0.15, -0.1) is 0 Å². The number of rotatable bonds is 6. The molecule has 1 unspecified atom stereocenters. The van der Waals surface area contributed by atoms with Crippen LogP contribution in [0, 0.1) is 6.92 Å². The third-order valence-electron chi connectivity index (χ3n) is 7.11. The monoisotopic (exact) mass is 504 g/mol. The van der Waals surface area contributed by atoms with Crippen LogP contribution in [0.2, 0.25) is 10.0 Å². The Bertz CT molecular complexity index is 1250. The third-order valence-corrected chi connectivity index (χ3v) is 7.58. The molecule has 0 amide bonds. The summed E-state index contributed by atoms with van der Waals surface area (Å²) < 4.78 is 0. The maximum Gasteiger partial charge on any atom is 0.137 e. The molecular weight excluding hydrogens is 475 g/mol. The maximum absolute atomic E-state index is 6.53. The molecule has 2 heterocycles. The summed E-state index contributed by atoms with van der Waals surface area (Å²) in [5.41, 5.74) is 5.02. The third kappa shape index (κ3) is 4.76. The highest BCUT2D eigenvalue weighted by atomic mass is 35.5. The van der Waals surface area contributed by atoms with Gasteiger partial charge in [-0.1, -0.05) is 77.8 Å². The number of hydrogen-bond acceptors (Lipinski definition) is 3. The van der Waals surface area contributed by atoms with Crippen molar-refractivity contribution in [3.8, 4) is 11.4 Å². The van der Waals surface area contributed by atoms with Gasteiger partial charge in [0.05, 0.1) is 11.2 Å². The van der Waals surface area contributed by atoms with Crippen LogP contribution in [0.25, 0.3) is 11.4 Å². The van der Waals surface area contributed by atoms with Crippen molar-refractivity contribution in [3.63, 3.8) is 0 Å². The first-order valence-corrected chi connectivity index (χ1v) is 12.8. The normalized spacial score (nSPS) is 16.4. The molecule has 1 fully saturated rings. The van der Waals surface area contributed by atoms with E-state index in [4.69, 9.17) is 28.2 Å². The minimum absolute atomic E-state index is 0.0383. The average Bonchev–Trinajstić information content (AvgIpc) is 3.27. The first-order valence-electron chi connectivity index (χ1n) is 12.1. The molecule has 35 heavy (non-hydrogen) atoms. The lowest BCUT2D eigenvalue weighted by Gasteiger charge is -2.48.